The molecule has 0 aliphatic carbocycles. The first kappa shape index (κ1) is 13.1. The molecule has 0 saturated heterocycles. The van der Waals surface area contributed by atoms with E-state index in [1.807, 2.05) is 20.8 Å². The maximum absolute atomic E-state index is 13.9. The van der Waals surface area contributed by atoms with E-state index in [0.29, 0.717) is 26.8 Å². The number of rotatable bonds is 1. The Kier molecular flexibility index (Phi) is 3.19. The van der Waals surface area contributed by atoms with E-state index >= 15 is 0 Å². The van der Waals surface area contributed by atoms with Gasteiger partial charge in [0.15, 0.2) is 0 Å². The van der Waals surface area contributed by atoms with Crippen molar-refractivity contribution in [2.24, 2.45) is 0 Å². The normalized spacial score (nSPS) is 11.8. The summed E-state index contributed by atoms with van der Waals surface area (Å²) in [5.74, 6) is 0.281. The molecule has 2 aromatic rings. The number of nitrogens with two attached hydrogens (primary N) is 1. The van der Waals surface area contributed by atoms with Crippen LogP contribution in [0.1, 0.15) is 20.8 Å². The van der Waals surface area contributed by atoms with Gasteiger partial charge >= 0.3 is 0 Å². The van der Waals surface area contributed by atoms with E-state index in [-0.39, 0.29) is 11.4 Å². The highest BCUT2D eigenvalue weighted by molar-refractivity contribution is 9.10. The van der Waals surface area contributed by atoms with Gasteiger partial charge in [-0.1, -0.05) is 0 Å². The number of benzene rings is 1. The van der Waals surface area contributed by atoms with Gasteiger partial charge in [-0.25, -0.2) is 9.37 Å². The molecular formula is C13H15BrFN3. The number of hydrogen-bond donors (Lipinski definition) is 2. The Morgan fingerprint density at radius 2 is 1.94 bits per heavy atom. The standard InChI is InChI=1S/C13H15BrFN3/c1-13(2,3)18-12-11-9(16)5-4-8(15)10(11)7(14)6-17-12/h4-6H,16H2,1-3H3,(H,17,18). The summed E-state index contributed by atoms with van der Waals surface area (Å²) < 4.78 is 14.5. The molecular weight excluding hydrogens is 297 g/mol. The molecule has 5 heteroatoms. The summed E-state index contributed by atoms with van der Waals surface area (Å²) in [5, 5.41) is 4.31. The summed E-state index contributed by atoms with van der Waals surface area (Å²) in [4.78, 5) is 4.29. The van der Waals surface area contributed by atoms with Gasteiger partial charge in [0.2, 0.25) is 0 Å². The van der Waals surface area contributed by atoms with Crippen LogP contribution in [-0.2, 0) is 0 Å². The number of hydrogen-bond acceptors (Lipinski definition) is 3. The van der Waals surface area contributed by atoms with Crippen LogP contribution in [0.2, 0.25) is 0 Å². The van der Waals surface area contributed by atoms with Gasteiger partial charge in [0.05, 0.1) is 5.39 Å². The predicted octanol–water partition coefficient (Wildman–Crippen LogP) is 3.93. The molecule has 0 unspecified atom stereocenters. The van der Waals surface area contributed by atoms with Crippen molar-refractivity contribution in [2.75, 3.05) is 11.1 Å². The summed E-state index contributed by atoms with van der Waals surface area (Å²) in [6.45, 7) is 6.04. The number of pyridine rings is 1. The van der Waals surface area contributed by atoms with Gasteiger partial charge in [-0.3, -0.25) is 0 Å². The highest BCUT2D eigenvalue weighted by Gasteiger charge is 2.17. The van der Waals surface area contributed by atoms with E-state index in [1.54, 1.807) is 12.3 Å². The second kappa shape index (κ2) is 4.39. The Labute approximate surface area is 114 Å². The molecule has 18 heavy (non-hydrogen) atoms. The van der Waals surface area contributed by atoms with Crippen molar-refractivity contribution in [2.45, 2.75) is 26.3 Å². The van der Waals surface area contributed by atoms with Gasteiger partial charge < -0.3 is 11.1 Å². The van der Waals surface area contributed by atoms with Gasteiger partial charge in [0.25, 0.3) is 0 Å². The summed E-state index contributed by atoms with van der Waals surface area (Å²) in [6.07, 6.45) is 1.58. The molecule has 0 fully saturated rings. The number of aromatic nitrogens is 1. The topological polar surface area (TPSA) is 50.9 Å². The largest absolute Gasteiger partial charge is 0.398 e. The predicted molar refractivity (Wildman–Crippen MR) is 77.2 cm³/mol. The van der Waals surface area contributed by atoms with E-state index in [1.165, 1.54) is 6.07 Å². The van der Waals surface area contributed by atoms with Crippen LogP contribution in [0.15, 0.2) is 22.8 Å². The van der Waals surface area contributed by atoms with Crippen LogP contribution in [-0.4, -0.2) is 10.5 Å². The van der Waals surface area contributed by atoms with Crippen LogP contribution >= 0.6 is 15.9 Å². The molecule has 3 nitrogen and oxygen atoms in total. The number of nitrogens with one attached hydrogen (secondary N) is 1. The Hall–Kier alpha value is -1.36. The lowest BCUT2D eigenvalue weighted by Gasteiger charge is -2.23. The Bertz CT molecular complexity index is 597. The molecule has 2 rings (SSSR count). The molecule has 0 saturated carbocycles. The fraction of sp³-hybridized carbons (Fsp3) is 0.308. The number of nitrogen functional groups attached to an aromatic ring is 1. The summed E-state index contributed by atoms with van der Waals surface area (Å²) in [7, 11) is 0. The maximum atomic E-state index is 13.9. The lowest BCUT2D eigenvalue weighted by Crippen LogP contribution is -2.27. The molecule has 1 aromatic heterocycles. The number of nitrogens with zero attached hydrogens (tertiary/aromatic N) is 1. The second-order valence-corrected chi connectivity index (χ2v) is 6.07. The molecule has 0 spiro atoms. The van der Waals surface area contributed by atoms with Gasteiger partial charge in [-0.15, -0.1) is 0 Å². The summed E-state index contributed by atoms with van der Waals surface area (Å²) >= 11 is 3.31. The third-order valence-corrected chi connectivity index (χ3v) is 3.06. The van der Waals surface area contributed by atoms with Crippen molar-refractivity contribution in [1.29, 1.82) is 0 Å². The SMILES string of the molecule is CC(C)(C)Nc1ncc(Br)c2c(F)ccc(N)c12. The smallest absolute Gasteiger partial charge is 0.136 e. The molecule has 0 aliphatic heterocycles. The van der Waals surface area contributed by atoms with E-state index in [2.05, 4.69) is 26.2 Å². The number of anilines is 2. The summed E-state index contributed by atoms with van der Waals surface area (Å²) in [5.41, 5.74) is 6.28. The van der Waals surface area contributed by atoms with Crippen LogP contribution in [0.5, 0.6) is 0 Å². The molecule has 96 valence electrons. The molecule has 0 atom stereocenters. The summed E-state index contributed by atoms with van der Waals surface area (Å²) in [6, 6.07) is 2.92. The average molecular weight is 312 g/mol. The van der Waals surface area contributed by atoms with E-state index in [9.17, 15) is 4.39 Å². The fourth-order valence-corrected chi connectivity index (χ4v) is 2.27. The van der Waals surface area contributed by atoms with Crippen molar-refractivity contribution >= 4 is 38.2 Å². The van der Waals surface area contributed by atoms with Crippen LogP contribution < -0.4 is 11.1 Å². The second-order valence-electron chi connectivity index (χ2n) is 5.22. The van der Waals surface area contributed by atoms with Crippen LogP contribution in [0.3, 0.4) is 0 Å². The molecule has 0 radical (unpaired) electrons. The lowest BCUT2D eigenvalue weighted by molar-refractivity contribution is 0.630. The highest BCUT2D eigenvalue weighted by Crippen LogP contribution is 2.35. The molecule has 3 N–H and O–H groups in total. The minimum Gasteiger partial charge on any atom is -0.398 e. The van der Waals surface area contributed by atoms with Gasteiger partial charge in [0, 0.05) is 27.3 Å². The quantitative estimate of drug-likeness (QED) is 0.785. The van der Waals surface area contributed by atoms with Crippen LogP contribution in [0, 0.1) is 5.82 Å². The van der Waals surface area contributed by atoms with Gasteiger partial charge in [-0.2, -0.15) is 0 Å². The molecule has 0 aliphatic rings. The lowest BCUT2D eigenvalue weighted by atomic mass is 10.1. The van der Waals surface area contributed by atoms with Gasteiger partial charge in [0.1, 0.15) is 11.6 Å². The first-order valence-corrected chi connectivity index (χ1v) is 6.39. The Balaban J connectivity index is 2.77. The van der Waals surface area contributed by atoms with E-state index in [4.69, 9.17) is 5.73 Å². The fourth-order valence-electron chi connectivity index (χ4n) is 1.78. The van der Waals surface area contributed by atoms with E-state index in [0.717, 1.165) is 0 Å². The van der Waals surface area contributed by atoms with Crippen molar-refractivity contribution < 1.29 is 4.39 Å². The van der Waals surface area contributed by atoms with E-state index < -0.39 is 0 Å². The van der Waals surface area contributed by atoms with Crippen LogP contribution in [0.4, 0.5) is 15.9 Å². The highest BCUT2D eigenvalue weighted by atomic mass is 79.9. The first-order valence-electron chi connectivity index (χ1n) is 5.60. The Morgan fingerprint density at radius 1 is 1.28 bits per heavy atom. The minimum absolute atomic E-state index is 0.174. The van der Waals surface area contributed by atoms with Crippen molar-refractivity contribution in [3.63, 3.8) is 0 Å². The van der Waals surface area contributed by atoms with Crippen molar-refractivity contribution in [3.8, 4) is 0 Å². The monoisotopic (exact) mass is 311 g/mol. The zero-order valence-corrected chi connectivity index (χ0v) is 12.1. The van der Waals surface area contributed by atoms with Crippen molar-refractivity contribution in [3.05, 3.63) is 28.6 Å². The average Bonchev–Trinajstić information content (AvgIpc) is 2.24. The third kappa shape index (κ3) is 2.41. The minimum atomic E-state index is -0.314. The van der Waals surface area contributed by atoms with Crippen molar-refractivity contribution in [1.82, 2.24) is 4.98 Å². The Morgan fingerprint density at radius 3 is 2.56 bits per heavy atom. The number of fused-ring (bicyclic) bond motifs is 1. The van der Waals surface area contributed by atoms with Crippen LogP contribution in [0.25, 0.3) is 10.8 Å². The first-order chi connectivity index (χ1) is 8.29. The van der Waals surface area contributed by atoms with Gasteiger partial charge in [-0.05, 0) is 48.8 Å². The molecule has 0 bridgehead atoms. The molecule has 0 amide bonds. The maximum Gasteiger partial charge on any atom is 0.136 e. The molecule has 1 aromatic carbocycles. The third-order valence-electron chi connectivity index (χ3n) is 2.46. The zero-order chi connectivity index (χ0) is 13.5. The zero-order valence-electron chi connectivity index (χ0n) is 10.5. The number of halogens is 2. The molecule has 1 heterocycles.